The standard InChI is InChI=1S/C8H15NO.C7H15NO.C6H12N4O/c1-6(2)7(10)9-8(3,4)5;1-5-6(9)8-7(2,3)4;1-6(2,3)9-5(11)4-8-10-7/h1H2,2-5H3,(H,9,10);5H2,1-4H3,(H,8,9);4H2,1-3H3,(H,9,11). The zero-order valence-corrected chi connectivity index (χ0v) is 20.7. The molecule has 0 rings (SSSR count). The van der Waals surface area contributed by atoms with Crippen molar-refractivity contribution in [1.29, 1.82) is 0 Å². The Balaban J connectivity index is -0.000000366. The van der Waals surface area contributed by atoms with Crippen molar-refractivity contribution in [2.75, 3.05) is 6.54 Å². The van der Waals surface area contributed by atoms with Crippen LogP contribution in [0.3, 0.4) is 0 Å². The molecular formula is C21H42N6O3. The first kappa shape index (κ1) is 32.1. The highest BCUT2D eigenvalue weighted by Gasteiger charge is 2.13. The molecule has 0 aromatic heterocycles. The van der Waals surface area contributed by atoms with Crippen LogP contribution >= 0.6 is 0 Å². The van der Waals surface area contributed by atoms with Crippen molar-refractivity contribution in [3.63, 3.8) is 0 Å². The fraction of sp³-hybridized carbons (Fsp3) is 0.762. The molecule has 0 fully saturated rings. The van der Waals surface area contributed by atoms with Crippen LogP contribution in [0.4, 0.5) is 0 Å². The van der Waals surface area contributed by atoms with Gasteiger partial charge in [-0.2, -0.15) is 0 Å². The van der Waals surface area contributed by atoms with E-state index >= 15 is 0 Å². The van der Waals surface area contributed by atoms with Crippen molar-refractivity contribution in [3.05, 3.63) is 22.6 Å². The maximum absolute atomic E-state index is 10.9. The van der Waals surface area contributed by atoms with E-state index in [2.05, 4.69) is 32.6 Å². The summed E-state index contributed by atoms with van der Waals surface area (Å²) in [4.78, 5) is 35.0. The molecule has 174 valence electrons. The monoisotopic (exact) mass is 426 g/mol. The Morgan fingerprint density at radius 1 is 0.833 bits per heavy atom. The predicted molar refractivity (Wildman–Crippen MR) is 123 cm³/mol. The molecule has 0 saturated carbocycles. The van der Waals surface area contributed by atoms with E-state index in [-0.39, 0.29) is 40.9 Å². The molecule has 9 nitrogen and oxygen atoms in total. The summed E-state index contributed by atoms with van der Waals surface area (Å²) in [6.07, 6.45) is 0.567. The molecule has 0 aliphatic rings. The average molecular weight is 427 g/mol. The predicted octanol–water partition coefficient (Wildman–Crippen LogP) is 4.00. The molecule has 0 radical (unpaired) electrons. The summed E-state index contributed by atoms with van der Waals surface area (Å²) in [6.45, 7) is 24.3. The summed E-state index contributed by atoms with van der Waals surface area (Å²) in [6, 6.07) is 0. The first-order valence-electron chi connectivity index (χ1n) is 9.85. The number of carbonyl (C=O) groups excluding carboxylic acids is 3. The molecule has 3 N–H and O–H groups in total. The number of hydrogen-bond acceptors (Lipinski definition) is 4. The van der Waals surface area contributed by atoms with Gasteiger partial charge in [0, 0.05) is 33.5 Å². The second-order valence-electron chi connectivity index (χ2n) is 9.82. The summed E-state index contributed by atoms with van der Waals surface area (Å²) in [5.74, 6) is -0.217. The molecule has 0 aromatic rings. The van der Waals surface area contributed by atoms with Gasteiger partial charge in [-0.05, 0) is 74.8 Å². The molecule has 0 unspecified atom stereocenters. The lowest BCUT2D eigenvalue weighted by Gasteiger charge is -2.20. The summed E-state index contributed by atoms with van der Waals surface area (Å²) < 4.78 is 0. The maximum Gasteiger partial charge on any atom is 0.246 e. The van der Waals surface area contributed by atoms with Crippen molar-refractivity contribution < 1.29 is 14.4 Å². The van der Waals surface area contributed by atoms with Gasteiger partial charge >= 0.3 is 0 Å². The third kappa shape index (κ3) is 30.2. The van der Waals surface area contributed by atoms with Crippen LogP contribution in [0.15, 0.2) is 17.3 Å². The van der Waals surface area contributed by atoms with Gasteiger partial charge in [-0.1, -0.05) is 18.6 Å². The SMILES string of the molecule is C=C(C)C(=O)NC(C)(C)C.CC(C)(C)NC(=O)CN=[N+]=[N-].CCC(=O)NC(C)(C)C. The molecule has 0 aliphatic carbocycles. The van der Waals surface area contributed by atoms with Crippen LogP contribution in [0.2, 0.25) is 0 Å². The normalized spacial score (nSPS) is 10.6. The minimum atomic E-state index is -0.262. The largest absolute Gasteiger partial charge is 0.352 e. The number of carbonyl (C=O) groups is 3. The lowest BCUT2D eigenvalue weighted by atomic mass is 10.1. The number of nitrogens with one attached hydrogen (secondary N) is 3. The lowest BCUT2D eigenvalue weighted by molar-refractivity contribution is -0.122. The second-order valence-corrected chi connectivity index (χ2v) is 9.82. The van der Waals surface area contributed by atoms with Crippen LogP contribution in [0, 0.1) is 0 Å². The van der Waals surface area contributed by atoms with Gasteiger partial charge in [-0.25, -0.2) is 0 Å². The van der Waals surface area contributed by atoms with Crippen LogP contribution in [-0.2, 0) is 14.4 Å². The minimum absolute atomic E-state index is 0.0763. The maximum atomic E-state index is 10.9. The summed E-state index contributed by atoms with van der Waals surface area (Å²) >= 11 is 0. The highest BCUT2D eigenvalue weighted by molar-refractivity contribution is 5.92. The lowest BCUT2D eigenvalue weighted by Crippen LogP contribution is -2.41. The Kier molecular flexibility index (Phi) is 15.5. The molecule has 30 heavy (non-hydrogen) atoms. The summed E-state index contributed by atoms with van der Waals surface area (Å²) in [5.41, 5.74) is 7.95. The van der Waals surface area contributed by atoms with Gasteiger partial charge in [0.1, 0.15) is 6.54 Å². The number of nitrogens with zero attached hydrogens (tertiary/aromatic N) is 3. The third-order valence-electron chi connectivity index (χ3n) is 2.50. The topological polar surface area (TPSA) is 136 Å². The number of azide groups is 1. The fourth-order valence-corrected chi connectivity index (χ4v) is 1.51. The van der Waals surface area contributed by atoms with Crippen molar-refractivity contribution >= 4 is 17.7 Å². The molecule has 0 heterocycles. The van der Waals surface area contributed by atoms with E-state index in [9.17, 15) is 14.4 Å². The van der Waals surface area contributed by atoms with Gasteiger partial charge < -0.3 is 16.0 Å². The molecule has 0 bridgehead atoms. The zero-order chi connectivity index (χ0) is 24.8. The zero-order valence-electron chi connectivity index (χ0n) is 20.7. The minimum Gasteiger partial charge on any atom is -0.352 e. The molecule has 0 aromatic carbocycles. The van der Waals surface area contributed by atoms with E-state index in [1.54, 1.807) is 6.92 Å². The van der Waals surface area contributed by atoms with E-state index < -0.39 is 0 Å². The van der Waals surface area contributed by atoms with Gasteiger partial charge in [-0.15, -0.1) is 0 Å². The Bertz CT molecular complexity index is 616. The third-order valence-corrected chi connectivity index (χ3v) is 2.50. The Morgan fingerprint density at radius 3 is 1.40 bits per heavy atom. The van der Waals surface area contributed by atoms with Gasteiger partial charge in [0.2, 0.25) is 17.7 Å². The number of amides is 3. The van der Waals surface area contributed by atoms with Crippen LogP contribution < -0.4 is 16.0 Å². The van der Waals surface area contributed by atoms with Crippen molar-refractivity contribution in [3.8, 4) is 0 Å². The highest BCUT2D eigenvalue weighted by atomic mass is 16.2. The van der Waals surface area contributed by atoms with E-state index in [0.717, 1.165) is 0 Å². The van der Waals surface area contributed by atoms with E-state index in [4.69, 9.17) is 5.53 Å². The Labute approximate surface area is 182 Å². The first-order valence-corrected chi connectivity index (χ1v) is 9.85. The van der Waals surface area contributed by atoms with Crippen molar-refractivity contribution in [1.82, 2.24) is 16.0 Å². The van der Waals surface area contributed by atoms with E-state index in [0.29, 0.717) is 12.0 Å². The van der Waals surface area contributed by atoms with E-state index in [1.165, 1.54) is 0 Å². The van der Waals surface area contributed by atoms with Gasteiger partial charge in [-0.3, -0.25) is 14.4 Å². The van der Waals surface area contributed by atoms with Crippen LogP contribution in [0.5, 0.6) is 0 Å². The molecule has 9 heteroatoms. The number of rotatable bonds is 4. The highest BCUT2D eigenvalue weighted by Crippen LogP contribution is 2.00. The van der Waals surface area contributed by atoms with E-state index in [1.807, 2.05) is 69.2 Å². The van der Waals surface area contributed by atoms with Crippen molar-refractivity contribution in [2.45, 2.75) is 99.2 Å². The molecule has 3 amide bonds. The first-order chi connectivity index (χ1) is 13.2. The molecular weight excluding hydrogens is 384 g/mol. The van der Waals surface area contributed by atoms with Gasteiger partial charge in [0.05, 0.1) is 0 Å². The van der Waals surface area contributed by atoms with Crippen molar-refractivity contribution in [2.24, 2.45) is 5.11 Å². The quantitative estimate of drug-likeness (QED) is 0.271. The Morgan fingerprint density at radius 2 is 1.20 bits per heavy atom. The summed E-state index contributed by atoms with van der Waals surface area (Å²) in [5, 5.41) is 11.4. The van der Waals surface area contributed by atoms with Crippen LogP contribution in [0.25, 0.3) is 10.4 Å². The molecule has 0 aliphatic heterocycles. The smallest absolute Gasteiger partial charge is 0.246 e. The molecule has 0 saturated heterocycles. The number of hydrogen-bond donors (Lipinski definition) is 3. The average Bonchev–Trinajstić information content (AvgIpc) is 2.49. The van der Waals surface area contributed by atoms with Gasteiger partial charge in [0.15, 0.2) is 0 Å². The summed E-state index contributed by atoms with van der Waals surface area (Å²) in [7, 11) is 0. The molecule has 0 spiro atoms. The van der Waals surface area contributed by atoms with Gasteiger partial charge in [0.25, 0.3) is 0 Å². The van der Waals surface area contributed by atoms with Crippen LogP contribution in [0.1, 0.15) is 82.6 Å². The molecule has 0 atom stereocenters. The second kappa shape index (κ2) is 14.4. The Hall–Kier alpha value is -2.54. The van der Waals surface area contributed by atoms with Crippen LogP contribution in [-0.4, -0.2) is 40.9 Å². The fourth-order valence-electron chi connectivity index (χ4n) is 1.51.